The summed E-state index contributed by atoms with van der Waals surface area (Å²) in [5.74, 6) is 0. The highest BCUT2D eigenvalue weighted by Crippen LogP contribution is 2.18. The lowest BCUT2D eigenvalue weighted by atomic mass is 10.0. The first-order valence-electron chi connectivity index (χ1n) is 3.60. The smallest absolute Gasteiger partial charge is 0.0995 e. The van der Waals surface area contributed by atoms with Crippen LogP contribution in [0.3, 0.4) is 0 Å². The maximum absolute atomic E-state index is 9.50. The van der Waals surface area contributed by atoms with Crippen LogP contribution in [0.2, 0.25) is 0 Å². The average Bonchev–Trinajstić information content (AvgIpc) is 2.05. The fourth-order valence-electron chi connectivity index (χ4n) is 0.920. The molecule has 0 aliphatic heterocycles. The second-order valence-electron chi connectivity index (χ2n) is 2.66. The van der Waals surface area contributed by atoms with Crippen LogP contribution in [0, 0.1) is 0 Å². The molecule has 0 spiro atoms. The zero-order chi connectivity index (χ0) is 8.27. The second-order valence-corrected chi connectivity index (χ2v) is 2.66. The van der Waals surface area contributed by atoms with Gasteiger partial charge in [0.05, 0.1) is 6.10 Å². The molecular weight excluding hydrogens is 136 g/mol. The van der Waals surface area contributed by atoms with E-state index < -0.39 is 6.10 Å². The van der Waals surface area contributed by atoms with Crippen molar-refractivity contribution in [2.45, 2.75) is 13.0 Å². The lowest BCUT2D eigenvalue weighted by molar-refractivity contribution is 0.216. The highest BCUT2D eigenvalue weighted by Gasteiger charge is 2.05. The molecule has 0 fully saturated rings. The van der Waals surface area contributed by atoms with Crippen LogP contribution >= 0.6 is 0 Å². The molecular formula is C10H12O. The Kier molecular flexibility index (Phi) is 2.44. The Morgan fingerprint density at radius 3 is 2.36 bits per heavy atom. The molecule has 0 saturated heterocycles. The second kappa shape index (κ2) is 3.35. The van der Waals surface area contributed by atoms with E-state index in [0.29, 0.717) is 0 Å². The van der Waals surface area contributed by atoms with Gasteiger partial charge in [-0.1, -0.05) is 36.9 Å². The monoisotopic (exact) mass is 148 g/mol. The van der Waals surface area contributed by atoms with Crippen molar-refractivity contribution < 1.29 is 5.11 Å². The van der Waals surface area contributed by atoms with Crippen molar-refractivity contribution in [3.8, 4) is 0 Å². The molecule has 0 radical (unpaired) electrons. The zero-order valence-electron chi connectivity index (χ0n) is 6.62. The third-order valence-corrected chi connectivity index (χ3v) is 1.58. The van der Waals surface area contributed by atoms with E-state index in [1.807, 2.05) is 37.3 Å². The standard InChI is InChI=1S/C10H12O/c1-8(2)10(11)9-6-4-3-5-7-9/h3-7,10-11H,1H2,2H3/t10-/m1/s1. The number of aliphatic hydroxyl groups excluding tert-OH is 1. The Labute approximate surface area is 67.0 Å². The number of hydrogen-bond acceptors (Lipinski definition) is 1. The summed E-state index contributed by atoms with van der Waals surface area (Å²) in [5.41, 5.74) is 1.68. The third kappa shape index (κ3) is 1.92. The first-order chi connectivity index (χ1) is 5.22. The maximum Gasteiger partial charge on any atom is 0.0995 e. The van der Waals surface area contributed by atoms with Crippen LogP contribution in [-0.2, 0) is 0 Å². The first kappa shape index (κ1) is 8.02. The van der Waals surface area contributed by atoms with Gasteiger partial charge in [-0.05, 0) is 18.1 Å². The van der Waals surface area contributed by atoms with Crippen molar-refractivity contribution in [2.75, 3.05) is 0 Å². The first-order valence-corrected chi connectivity index (χ1v) is 3.60. The number of hydrogen-bond donors (Lipinski definition) is 1. The van der Waals surface area contributed by atoms with E-state index in [-0.39, 0.29) is 0 Å². The predicted octanol–water partition coefficient (Wildman–Crippen LogP) is 2.30. The number of rotatable bonds is 2. The van der Waals surface area contributed by atoms with Crippen LogP contribution in [0.25, 0.3) is 0 Å². The van der Waals surface area contributed by atoms with Crippen molar-refractivity contribution in [1.29, 1.82) is 0 Å². The van der Waals surface area contributed by atoms with Crippen molar-refractivity contribution in [3.05, 3.63) is 48.0 Å². The van der Waals surface area contributed by atoms with E-state index >= 15 is 0 Å². The molecule has 1 heteroatoms. The van der Waals surface area contributed by atoms with Crippen molar-refractivity contribution >= 4 is 0 Å². The Morgan fingerprint density at radius 2 is 1.91 bits per heavy atom. The summed E-state index contributed by atoms with van der Waals surface area (Å²) in [6.45, 7) is 5.50. The minimum absolute atomic E-state index is 0.517. The topological polar surface area (TPSA) is 20.2 Å². The van der Waals surface area contributed by atoms with Gasteiger partial charge in [-0.2, -0.15) is 0 Å². The van der Waals surface area contributed by atoms with Gasteiger partial charge in [0.2, 0.25) is 0 Å². The fourth-order valence-corrected chi connectivity index (χ4v) is 0.920. The predicted molar refractivity (Wildman–Crippen MR) is 46.2 cm³/mol. The van der Waals surface area contributed by atoms with Crippen LogP contribution in [0.5, 0.6) is 0 Å². The van der Waals surface area contributed by atoms with Gasteiger partial charge in [-0.25, -0.2) is 0 Å². The number of aliphatic hydroxyl groups is 1. The maximum atomic E-state index is 9.50. The normalized spacial score (nSPS) is 12.5. The van der Waals surface area contributed by atoms with Crippen LogP contribution in [0.4, 0.5) is 0 Å². The van der Waals surface area contributed by atoms with Crippen molar-refractivity contribution in [3.63, 3.8) is 0 Å². The van der Waals surface area contributed by atoms with E-state index in [1.165, 1.54) is 0 Å². The van der Waals surface area contributed by atoms with E-state index in [0.717, 1.165) is 11.1 Å². The molecule has 58 valence electrons. The summed E-state index contributed by atoms with van der Waals surface area (Å²) in [7, 11) is 0. The highest BCUT2D eigenvalue weighted by atomic mass is 16.3. The SMILES string of the molecule is C=C(C)[C@@H](O)c1ccccc1. The Hall–Kier alpha value is -1.08. The van der Waals surface area contributed by atoms with Gasteiger partial charge < -0.3 is 5.11 Å². The molecule has 0 unspecified atom stereocenters. The molecule has 1 rings (SSSR count). The average molecular weight is 148 g/mol. The third-order valence-electron chi connectivity index (χ3n) is 1.58. The highest BCUT2D eigenvalue weighted by molar-refractivity contribution is 5.23. The van der Waals surface area contributed by atoms with E-state index in [1.54, 1.807) is 0 Å². The molecule has 1 atom stereocenters. The minimum Gasteiger partial charge on any atom is -0.384 e. The molecule has 0 aliphatic carbocycles. The Morgan fingerprint density at radius 1 is 1.36 bits per heavy atom. The van der Waals surface area contributed by atoms with Gasteiger partial charge >= 0.3 is 0 Å². The molecule has 1 aromatic rings. The Bertz CT molecular complexity index is 238. The quantitative estimate of drug-likeness (QED) is 0.638. The van der Waals surface area contributed by atoms with E-state index in [4.69, 9.17) is 0 Å². The van der Waals surface area contributed by atoms with Gasteiger partial charge in [0.25, 0.3) is 0 Å². The summed E-state index contributed by atoms with van der Waals surface area (Å²) < 4.78 is 0. The minimum atomic E-state index is -0.517. The molecule has 0 bridgehead atoms. The summed E-state index contributed by atoms with van der Waals surface area (Å²) in [4.78, 5) is 0. The molecule has 0 amide bonds. The largest absolute Gasteiger partial charge is 0.384 e. The number of benzene rings is 1. The van der Waals surface area contributed by atoms with Crippen molar-refractivity contribution in [1.82, 2.24) is 0 Å². The van der Waals surface area contributed by atoms with Gasteiger partial charge in [-0.3, -0.25) is 0 Å². The van der Waals surface area contributed by atoms with E-state index in [9.17, 15) is 5.11 Å². The summed E-state index contributed by atoms with van der Waals surface area (Å²) in [6.07, 6.45) is -0.517. The van der Waals surface area contributed by atoms with Gasteiger partial charge in [-0.15, -0.1) is 0 Å². The molecule has 0 saturated carbocycles. The summed E-state index contributed by atoms with van der Waals surface area (Å²) in [6, 6.07) is 9.51. The molecule has 11 heavy (non-hydrogen) atoms. The van der Waals surface area contributed by atoms with Crippen LogP contribution in [-0.4, -0.2) is 5.11 Å². The molecule has 1 N–H and O–H groups in total. The zero-order valence-corrected chi connectivity index (χ0v) is 6.62. The van der Waals surface area contributed by atoms with Crippen LogP contribution in [0.1, 0.15) is 18.6 Å². The van der Waals surface area contributed by atoms with Crippen LogP contribution < -0.4 is 0 Å². The summed E-state index contributed by atoms with van der Waals surface area (Å²) in [5, 5.41) is 9.50. The lowest BCUT2D eigenvalue weighted by Gasteiger charge is -2.09. The molecule has 0 aromatic heterocycles. The molecule has 1 nitrogen and oxygen atoms in total. The van der Waals surface area contributed by atoms with Gasteiger partial charge in [0.1, 0.15) is 0 Å². The van der Waals surface area contributed by atoms with E-state index in [2.05, 4.69) is 6.58 Å². The fraction of sp³-hybridized carbons (Fsp3) is 0.200. The molecule has 1 aromatic carbocycles. The van der Waals surface area contributed by atoms with Gasteiger partial charge in [0.15, 0.2) is 0 Å². The lowest BCUT2D eigenvalue weighted by Crippen LogP contribution is -1.96. The van der Waals surface area contributed by atoms with Gasteiger partial charge in [0, 0.05) is 0 Å². The Balaban J connectivity index is 2.85. The summed E-state index contributed by atoms with van der Waals surface area (Å²) >= 11 is 0. The molecule has 0 aliphatic rings. The van der Waals surface area contributed by atoms with Crippen molar-refractivity contribution in [2.24, 2.45) is 0 Å². The van der Waals surface area contributed by atoms with Crippen LogP contribution in [0.15, 0.2) is 42.5 Å². The molecule has 0 heterocycles.